The van der Waals surface area contributed by atoms with Gasteiger partial charge in [0.25, 0.3) is 5.91 Å². The van der Waals surface area contributed by atoms with Crippen molar-refractivity contribution in [1.29, 1.82) is 0 Å². The Labute approximate surface area is 116 Å². The van der Waals surface area contributed by atoms with Crippen molar-refractivity contribution in [2.75, 3.05) is 20.6 Å². The number of carboxylic acid groups (broad SMARTS) is 1. The maximum atomic E-state index is 12.3. The summed E-state index contributed by atoms with van der Waals surface area (Å²) in [5, 5.41) is 12.9. The van der Waals surface area contributed by atoms with E-state index in [0.717, 1.165) is 6.42 Å². The molecule has 0 unspecified atom stereocenters. The number of hydrogen-bond donors (Lipinski definition) is 1. The minimum absolute atomic E-state index is 0.175. The minimum atomic E-state index is -0.921. The molecule has 0 aromatic carbocycles. The van der Waals surface area contributed by atoms with Gasteiger partial charge >= 0.3 is 5.97 Å². The Bertz CT molecular complexity index is 458. The van der Waals surface area contributed by atoms with Gasteiger partial charge < -0.3 is 14.9 Å². The summed E-state index contributed by atoms with van der Waals surface area (Å²) < 4.78 is 0. The van der Waals surface area contributed by atoms with Gasteiger partial charge in [-0.3, -0.25) is 4.79 Å². The lowest BCUT2D eigenvalue weighted by Crippen LogP contribution is -2.53. The minimum Gasteiger partial charge on any atom is -0.480 e. The molecule has 0 spiro atoms. The lowest BCUT2D eigenvalue weighted by Gasteiger charge is -2.39. The fourth-order valence-electron chi connectivity index (χ4n) is 2.44. The van der Waals surface area contributed by atoms with Crippen molar-refractivity contribution in [3.63, 3.8) is 0 Å². The zero-order valence-electron chi connectivity index (χ0n) is 11.1. The number of likely N-dealkylation sites (tertiary alicyclic amines) is 1. The van der Waals surface area contributed by atoms with Crippen molar-refractivity contribution in [3.8, 4) is 0 Å². The number of carboxylic acids is 1. The molecule has 1 aromatic heterocycles. The van der Waals surface area contributed by atoms with Crippen molar-refractivity contribution >= 4 is 23.2 Å². The van der Waals surface area contributed by atoms with Crippen LogP contribution >= 0.6 is 11.3 Å². The number of rotatable bonds is 3. The third-order valence-electron chi connectivity index (χ3n) is 3.62. The van der Waals surface area contributed by atoms with Gasteiger partial charge in [0.2, 0.25) is 0 Å². The van der Waals surface area contributed by atoms with Gasteiger partial charge in [0.1, 0.15) is 6.04 Å². The zero-order chi connectivity index (χ0) is 14.0. The summed E-state index contributed by atoms with van der Waals surface area (Å²) >= 11 is 1.44. The van der Waals surface area contributed by atoms with E-state index in [-0.39, 0.29) is 11.9 Å². The van der Waals surface area contributed by atoms with Crippen molar-refractivity contribution in [3.05, 3.63) is 22.4 Å². The van der Waals surface area contributed by atoms with Gasteiger partial charge in [0.15, 0.2) is 0 Å². The van der Waals surface area contributed by atoms with E-state index in [1.807, 2.05) is 24.4 Å². The molecule has 0 radical (unpaired) electrons. The van der Waals surface area contributed by atoms with Crippen LogP contribution in [-0.4, -0.2) is 59.5 Å². The average molecular weight is 282 g/mol. The van der Waals surface area contributed by atoms with Crippen LogP contribution in [0, 0.1) is 0 Å². The van der Waals surface area contributed by atoms with E-state index in [4.69, 9.17) is 0 Å². The van der Waals surface area contributed by atoms with Crippen molar-refractivity contribution in [1.82, 2.24) is 9.80 Å². The molecule has 6 heteroatoms. The van der Waals surface area contributed by atoms with E-state index in [9.17, 15) is 14.7 Å². The van der Waals surface area contributed by atoms with Crippen LogP contribution in [0.5, 0.6) is 0 Å². The standard InChI is InChI=1S/C13H18N2O3S/c1-14(2)10-3-5-15(11(7-10)13(17)18)12(16)9-4-6-19-8-9/h4,6,8,10-11H,3,5,7H2,1-2H3,(H,17,18)/t10-,11-/m0/s1. The molecule has 1 aromatic rings. The maximum absolute atomic E-state index is 12.3. The first-order valence-corrected chi connectivity index (χ1v) is 7.17. The molecular weight excluding hydrogens is 264 g/mol. The molecule has 2 atom stereocenters. The second-order valence-electron chi connectivity index (χ2n) is 5.01. The summed E-state index contributed by atoms with van der Waals surface area (Å²) in [6, 6.07) is 1.23. The number of hydrogen-bond acceptors (Lipinski definition) is 4. The van der Waals surface area contributed by atoms with Crippen LogP contribution in [0.15, 0.2) is 16.8 Å². The van der Waals surface area contributed by atoms with E-state index in [0.29, 0.717) is 18.5 Å². The molecule has 1 aliphatic rings. The Morgan fingerprint density at radius 3 is 2.74 bits per heavy atom. The smallest absolute Gasteiger partial charge is 0.326 e. The molecule has 2 rings (SSSR count). The molecule has 0 saturated carbocycles. The van der Waals surface area contributed by atoms with Crippen molar-refractivity contribution < 1.29 is 14.7 Å². The first kappa shape index (κ1) is 14.0. The fraction of sp³-hybridized carbons (Fsp3) is 0.538. The van der Waals surface area contributed by atoms with Crippen LogP contribution in [0.25, 0.3) is 0 Å². The lowest BCUT2D eigenvalue weighted by atomic mass is 9.95. The SMILES string of the molecule is CN(C)[C@H]1CCN(C(=O)c2ccsc2)[C@H](C(=O)O)C1. The number of amides is 1. The Hall–Kier alpha value is -1.40. The molecule has 1 saturated heterocycles. The number of thiophene rings is 1. The zero-order valence-corrected chi connectivity index (χ0v) is 11.9. The highest BCUT2D eigenvalue weighted by molar-refractivity contribution is 7.08. The molecule has 2 heterocycles. The van der Waals surface area contributed by atoms with Gasteiger partial charge in [0.05, 0.1) is 5.56 Å². The Balaban J connectivity index is 2.16. The Morgan fingerprint density at radius 1 is 1.47 bits per heavy atom. The molecule has 1 N–H and O–H groups in total. The Morgan fingerprint density at radius 2 is 2.21 bits per heavy atom. The van der Waals surface area contributed by atoms with Crippen LogP contribution in [-0.2, 0) is 4.79 Å². The highest BCUT2D eigenvalue weighted by Gasteiger charge is 2.37. The molecule has 19 heavy (non-hydrogen) atoms. The van der Waals surface area contributed by atoms with Crippen LogP contribution in [0.2, 0.25) is 0 Å². The predicted molar refractivity (Wildman–Crippen MR) is 73.5 cm³/mol. The van der Waals surface area contributed by atoms with Crippen LogP contribution < -0.4 is 0 Å². The third-order valence-corrected chi connectivity index (χ3v) is 4.30. The summed E-state index contributed by atoms with van der Waals surface area (Å²) in [6.45, 7) is 0.495. The molecule has 0 aliphatic carbocycles. The molecular formula is C13H18N2O3S. The molecule has 1 amide bonds. The van der Waals surface area contributed by atoms with Gasteiger partial charge in [0, 0.05) is 18.0 Å². The average Bonchev–Trinajstić information content (AvgIpc) is 2.90. The molecule has 1 aliphatic heterocycles. The van der Waals surface area contributed by atoms with E-state index in [1.54, 1.807) is 11.4 Å². The molecule has 104 valence electrons. The molecule has 1 fully saturated rings. The third kappa shape index (κ3) is 2.96. The lowest BCUT2D eigenvalue weighted by molar-refractivity contribution is -0.144. The second-order valence-corrected chi connectivity index (χ2v) is 5.79. The largest absolute Gasteiger partial charge is 0.480 e. The van der Waals surface area contributed by atoms with Crippen LogP contribution in [0.1, 0.15) is 23.2 Å². The number of carbonyl (C=O) groups excluding carboxylic acids is 1. The summed E-state index contributed by atoms with van der Waals surface area (Å²) in [4.78, 5) is 27.2. The fourth-order valence-corrected chi connectivity index (χ4v) is 3.07. The second kappa shape index (κ2) is 5.71. The quantitative estimate of drug-likeness (QED) is 0.909. The van der Waals surface area contributed by atoms with Crippen LogP contribution in [0.4, 0.5) is 0 Å². The highest BCUT2D eigenvalue weighted by Crippen LogP contribution is 2.23. The maximum Gasteiger partial charge on any atom is 0.326 e. The van der Waals surface area contributed by atoms with E-state index < -0.39 is 12.0 Å². The summed E-state index contributed by atoms with van der Waals surface area (Å²) in [7, 11) is 3.89. The monoisotopic (exact) mass is 282 g/mol. The topological polar surface area (TPSA) is 60.9 Å². The molecule has 5 nitrogen and oxygen atoms in total. The molecule has 0 bridgehead atoms. The van der Waals surface area contributed by atoms with Crippen LogP contribution in [0.3, 0.4) is 0 Å². The normalized spacial score (nSPS) is 23.6. The Kier molecular flexibility index (Phi) is 4.21. The first-order chi connectivity index (χ1) is 9.00. The number of nitrogens with zero attached hydrogens (tertiary/aromatic N) is 2. The van der Waals surface area contributed by atoms with Crippen molar-refractivity contribution in [2.24, 2.45) is 0 Å². The summed E-state index contributed by atoms with van der Waals surface area (Å²) in [5.74, 6) is -1.10. The summed E-state index contributed by atoms with van der Waals surface area (Å²) in [6.07, 6.45) is 1.30. The first-order valence-electron chi connectivity index (χ1n) is 6.23. The van der Waals surface area contributed by atoms with Gasteiger partial charge in [-0.2, -0.15) is 11.3 Å². The van der Waals surface area contributed by atoms with Gasteiger partial charge in [-0.1, -0.05) is 0 Å². The van der Waals surface area contributed by atoms with E-state index in [2.05, 4.69) is 0 Å². The number of carbonyl (C=O) groups is 2. The van der Waals surface area contributed by atoms with Gasteiger partial charge in [-0.05, 0) is 38.4 Å². The van der Waals surface area contributed by atoms with Gasteiger partial charge in [-0.15, -0.1) is 0 Å². The van der Waals surface area contributed by atoms with Gasteiger partial charge in [-0.25, -0.2) is 4.79 Å². The number of piperidine rings is 1. The van der Waals surface area contributed by atoms with Crippen molar-refractivity contribution in [2.45, 2.75) is 24.9 Å². The van der Waals surface area contributed by atoms with E-state index >= 15 is 0 Å². The number of aliphatic carboxylic acids is 1. The highest BCUT2D eigenvalue weighted by atomic mass is 32.1. The summed E-state index contributed by atoms with van der Waals surface area (Å²) in [5.41, 5.74) is 0.583. The predicted octanol–water partition coefficient (Wildman–Crippen LogP) is 1.37. The van der Waals surface area contributed by atoms with E-state index in [1.165, 1.54) is 16.2 Å².